The van der Waals surface area contributed by atoms with Crippen molar-refractivity contribution in [2.24, 2.45) is 0 Å². The molecule has 0 unspecified atom stereocenters. The summed E-state index contributed by atoms with van der Waals surface area (Å²) in [5.41, 5.74) is 0.210. The molecule has 8 heteroatoms. The Morgan fingerprint density at radius 1 is 1.42 bits per heavy atom. The Hall–Kier alpha value is -1.34. The van der Waals surface area contributed by atoms with Gasteiger partial charge in [0.05, 0.1) is 9.50 Å². The van der Waals surface area contributed by atoms with Crippen LogP contribution in [0.4, 0.5) is 14.9 Å². The predicted octanol–water partition coefficient (Wildman–Crippen LogP) is 3.23. The highest BCUT2D eigenvalue weighted by Gasteiger charge is 2.09. The van der Waals surface area contributed by atoms with Gasteiger partial charge in [0.25, 0.3) is 0 Å². The Labute approximate surface area is 122 Å². The Bertz CT molecular complexity index is 476. The number of halogens is 3. The second-order valence-corrected chi connectivity index (χ2v) is 4.83. The number of carbonyl (C=O) groups is 2. The van der Waals surface area contributed by atoms with Crippen LogP contribution in [-0.4, -0.2) is 23.7 Å². The van der Waals surface area contributed by atoms with Crippen LogP contribution in [0.15, 0.2) is 16.6 Å². The third-order valence-electron chi connectivity index (χ3n) is 2.09. The first-order chi connectivity index (χ1) is 8.90. The van der Waals surface area contributed by atoms with Crippen LogP contribution in [0.25, 0.3) is 0 Å². The normalized spacial score (nSPS) is 10.1. The van der Waals surface area contributed by atoms with Crippen LogP contribution in [0.2, 0.25) is 5.02 Å². The van der Waals surface area contributed by atoms with Crippen LogP contribution < -0.4 is 10.6 Å². The van der Waals surface area contributed by atoms with Crippen molar-refractivity contribution in [1.82, 2.24) is 5.32 Å². The third-order valence-corrected chi connectivity index (χ3v) is 3.43. The second-order valence-electron chi connectivity index (χ2n) is 3.63. The van der Waals surface area contributed by atoms with E-state index in [0.717, 1.165) is 6.07 Å². The fourth-order valence-corrected chi connectivity index (χ4v) is 1.68. The van der Waals surface area contributed by atoms with E-state index in [2.05, 4.69) is 26.6 Å². The molecule has 0 bridgehead atoms. The number of aliphatic carboxylic acids is 1. The number of anilines is 1. The zero-order valence-corrected chi connectivity index (χ0v) is 12.0. The monoisotopic (exact) mass is 352 g/mol. The molecule has 3 N–H and O–H groups in total. The first kappa shape index (κ1) is 15.7. The minimum atomic E-state index is -0.927. The van der Waals surface area contributed by atoms with Crippen LogP contribution in [0.5, 0.6) is 0 Å². The van der Waals surface area contributed by atoms with Crippen LogP contribution >= 0.6 is 27.5 Å². The smallest absolute Gasteiger partial charge is 0.319 e. The maximum atomic E-state index is 13.3. The van der Waals surface area contributed by atoms with E-state index >= 15 is 0 Å². The lowest BCUT2D eigenvalue weighted by atomic mass is 10.3. The Kier molecular flexibility index (Phi) is 6.04. The summed E-state index contributed by atoms with van der Waals surface area (Å²) < 4.78 is 13.4. The van der Waals surface area contributed by atoms with E-state index in [1.807, 2.05) is 0 Å². The van der Waals surface area contributed by atoms with Crippen molar-refractivity contribution in [2.75, 3.05) is 11.9 Å². The number of hydrogen-bond acceptors (Lipinski definition) is 2. The molecule has 104 valence electrons. The molecule has 19 heavy (non-hydrogen) atoms. The number of nitrogens with one attached hydrogen (secondary N) is 2. The number of hydrogen-bond donors (Lipinski definition) is 3. The molecule has 0 spiro atoms. The fraction of sp³-hybridized carbons (Fsp3) is 0.273. The Balaban J connectivity index is 2.46. The molecule has 0 fully saturated rings. The van der Waals surface area contributed by atoms with Crippen molar-refractivity contribution in [1.29, 1.82) is 0 Å². The summed E-state index contributed by atoms with van der Waals surface area (Å²) >= 11 is 8.69. The predicted molar refractivity (Wildman–Crippen MR) is 73.0 cm³/mol. The van der Waals surface area contributed by atoms with E-state index in [9.17, 15) is 14.0 Å². The number of rotatable bonds is 5. The van der Waals surface area contributed by atoms with Gasteiger partial charge in [0.1, 0.15) is 5.82 Å². The van der Waals surface area contributed by atoms with Crippen molar-refractivity contribution in [3.63, 3.8) is 0 Å². The molecular weight excluding hydrogens is 342 g/mol. The topological polar surface area (TPSA) is 78.4 Å². The fourth-order valence-electron chi connectivity index (χ4n) is 1.24. The van der Waals surface area contributed by atoms with E-state index in [1.54, 1.807) is 0 Å². The quantitative estimate of drug-likeness (QED) is 0.562. The lowest BCUT2D eigenvalue weighted by Crippen LogP contribution is -2.29. The first-order valence-electron chi connectivity index (χ1n) is 5.31. The van der Waals surface area contributed by atoms with Gasteiger partial charge in [-0.3, -0.25) is 4.79 Å². The molecule has 0 aliphatic carbocycles. The van der Waals surface area contributed by atoms with Gasteiger partial charge in [-0.15, -0.1) is 0 Å². The molecule has 1 aromatic carbocycles. The lowest BCUT2D eigenvalue weighted by Gasteiger charge is -2.08. The molecule has 1 rings (SSSR count). The van der Waals surface area contributed by atoms with Crippen LogP contribution in [0.1, 0.15) is 12.8 Å². The average Bonchev–Trinajstić information content (AvgIpc) is 2.31. The lowest BCUT2D eigenvalue weighted by molar-refractivity contribution is -0.137. The van der Waals surface area contributed by atoms with E-state index < -0.39 is 17.8 Å². The van der Waals surface area contributed by atoms with Gasteiger partial charge >= 0.3 is 12.0 Å². The molecule has 0 saturated carbocycles. The first-order valence-corrected chi connectivity index (χ1v) is 6.48. The zero-order chi connectivity index (χ0) is 14.4. The summed E-state index contributed by atoms with van der Waals surface area (Å²) in [6.07, 6.45) is 0.289. The SMILES string of the molecule is O=C(O)CCCNC(=O)Nc1cc(F)c(Br)c(Cl)c1. The molecule has 0 aromatic heterocycles. The summed E-state index contributed by atoms with van der Waals surface area (Å²) in [5.74, 6) is -1.52. The molecule has 0 aliphatic rings. The molecule has 1 aromatic rings. The summed E-state index contributed by atoms with van der Waals surface area (Å²) in [5, 5.41) is 13.4. The molecule has 0 aliphatic heterocycles. The maximum Gasteiger partial charge on any atom is 0.319 e. The summed E-state index contributed by atoms with van der Waals surface area (Å²) in [4.78, 5) is 21.7. The molecule has 5 nitrogen and oxygen atoms in total. The minimum Gasteiger partial charge on any atom is -0.481 e. The number of carboxylic acids is 1. The summed E-state index contributed by atoms with van der Waals surface area (Å²) in [6.45, 7) is 0.213. The third kappa shape index (κ3) is 5.44. The standard InChI is InChI=1S/C11H11BrClFN2O3/c12-10-7(13)4-6(5-8(10)14)16-11(19)15-3-1-2-9(17)18/h4-5H,1-3H2,(H,17,18)(H2,15,16,19). The number of benzene rings is 1. The highest BCUT2D eigenvalue weighted by molar-refractivity contribution is 9.10. The van der Waals surface area contributed by atoms with Crippen molar-refractivity contribution in [3.8, 4) is 0 Å². The van der Waals surface area contributed by atoms with Crippen LogP contribution in [0.3, 0.4) is 0 Å². The summed E-state index contributed by atoms with van der Waals surface area (Å²) in [6, 6.07) is 1.96. The van der Waals surface area contributed by atoms with E-state index in [-0.39, 0.29) is 28.1 Å². The minimum absolute atomic E-state index is 0.0287. The average molecular weight is 354 g/mol. The molecule has 0 saturated heterocycles. The number of amides is 2. The van der Waals surface area contributed by atoms with Gasteiger partial charge in [-0.25, -0.2) is 9.18 Å². The second kappa shape index (κ2) is 7.30. The summed E-state index contributed by atoms with van der Waals surface area (Å²) in [7, 11) is 0. The highest BCUT2D eigenvalue weighted by Crippen LogP contribution is 2.28. The van der Waals surface area contributed by atoms with Gasteiger partial charge in [0.15, 0.2) is 0 Å². The van der Waals surface area contributed by atoms with Crippen molar-refractivity contribution < 1.29 is 19.1 Å². The van der Waals surface area contributed by atoms with Crippen molar-refractivity contribution >= 4 is 45.2 Å². The Morgan fingerprint density at radius 3 is 2.68 bits per heavy atom. The van der Waals surface area contributed by atoms with Gasteiger partial charge < -0.3 is 15.7 Å². The number of carbonyl (C=O) groups excluding carboxylic acids is 1. The van der Waals surface area contributed by atoms with Gasteiger partial charge in [-0.2, -0.15) is 0 Å². The van der Waals surface area contributed by atoms with E-state index in [4.69, 9.17) is 16.7 Å². The molecule has 2 amide bonds. The number of urea groups is 1. The maximum absolute atomic E-state index is 13.3. The molecule has 0 atom stereocenters. The van der Waals surface area contributed by atoms with Gasteiger partial charge in [-0.1, -0.05) is 11.6 Å². The highest BCUT2D eigenvalue weighted by atomic mass is 79.9. The van der Waals surface area contributed by atoms with Gasteiger partial charge in [0.2, 0.25) is 0 Å². The molecular formula is C11H11BrClFN2O3. The molecule has 0 heterocycles. The van der Waals surface area contributed by atoms with Gasteiger partial charge in [-0.05, 0) is 34.5 Å². The van der Waals surface area contributed by atoms with Crippen LogP contribution in [-0.2, 0) is 4.79 Å². The van der Waals surface area contributed by atoms with Crippen LogP contribution in [0, 0.1) is 5.82 Å². The largest absolute Gasteiger partial charge is 0.481 e. The van der Waals surface area contributed by atoms with Crippen molar-refractivity contribution in [2.45, 2.75) is 12.8 Å². The van der Waals surface area contributed by atoms with E-state index in [0.29, 0.717) is 6.42 Å². The zero-order valence-electron chi connectivity index (χ0n) is 9.67. The molecule has 0 radical (unpaired) electrons. The van der Waals surface area contributed by atoms with E-state index in [1.165, 1.54) is 6.07 Å². The van der Waals surface area contributed by atoms with Gasteiger partial charge in [0, 0.05) is 18.7 Å². The Morgan fingerprint density at radius 2 is 2.11 bits per heavy atom. The van der Waals surface area contributed by atoms with Crippen molar-refractivity contribution in [3.05, 3.63) is 27.4 Å². The number of carboxylic acid groups (broad SMARTS) is 1.